The summed E-state index contributed by atoms with van der Waals surface area (Å²) < 4.78 is 1.86. The fourth-order valence-electron chi connectivity index (χ4n) is 0.975. The zero-order chi connectivity index (χ0) is 12.3. The van der Waals surface area contributed by atoms with Crippen molar-refractivity contribution in [1.82, 2.24) is 14.8 Å². The van der Waals surface area contributed by atoms with E-state index in [1.54, 1.807) is 0 Å². The molecule has 90 valence electrons. The number of nitrogens with zero attached hydrogens (tertiary/aromatic N) is 3. The van der Waals surface area contributed by atoms with Gasteiger partial charge in [-0.15, -0.1) is 10.2 Å². The van der Waals surface area contributed by atoms with Gasteiger partial charge < -0.3 is 15.4 Å². The smallest absolute Gasteiger partial charge is 0.323 e. The number of aryl methyl sites for hydroxylation is 1. The largest absolute Gasteiger partial charge is 0.480 e. The van der Waals surface area contributed by atoms with Crippen molar-refractivity contribution in [2.75, 3.05) is 5.75 Å². The quantitative estimate of drug-likeness (QED) is 0.728. The van der Waals surface area contributed by atoms with E-state index in [1.807, 2.05) is 18.5 Å². The van der Waals surface area contributed by atoms with Crippen LogP contribution >= 0.6 is 11.8 Å². The first-order valence-corrected chi connectivity index (χ1v) is 5.84. The zero-order valence-electron chi connectivity index (χ0n) is 9.60. The SMILES string of the molecule is Cc1nnc(SCCC(C)(N)C(=O)O)n1C. The highest BCUT2D eigenvalue weighted by Crippen LogP contribution is 2.19. The second kappa shape index (κ2) is 4.84. The molecule has 0 saturated carbocycles. The van der Waals surface area contributed by atoms with Crippen LogP contribution in [0.2, 0.25) is 0 Å². The summed E-state index contributed by atoms with van der Waals surface area (Å²) in [6.07, 6.45) is 0.388. The van der Waals surface area contributed by atoms with Crippen LogP contribution in [0.4, 0.5) is 0 Å². The first-order valence-electron chi connectivity index (χ1n) is 4.85. The number of thioether (sulfide) groups is 1. The lowest BCUT2D eigenvalue weighted by molar-refractivity contribution is -0.142. The molecule has 3 N–H and O–H groups in total. The van der Waals surface area contributed by atoms with Crippen molar-refractivity contribution in [1.29, 1.82) is 0 Å². The van der Waals surface area contributed by atoms with Gasteiger partial charge in [0.2, 0.25) is 0 Å². The Labute approximate surface area is 98.2 Å². The van der Waals surface area contributed by atoms with Gasteiger partial charge in [0.05, 0.1) is 0 Å². The summed E-state index contributed by atoms with van der Waals surface area (Å²) in [5.41, 5.74) is 4.43. The maximum atomic E-state index is 10.8. The molecule has 0 bridgehead atoms. The Kier molecular flexibility index (Phi) is 3.93. The number of carboxylic acid groups (broad SMARTS) is 1. The molecule has 16 heavy (non-hydrogen) atoms. The highest BCUT2D eigenvalue weighted by atomic mass is 32.2. The molecule has 0 aliphatic heterocycles. The predicted octanol–water partition coefficient (Wildman–Crippen LogP) is 0.408. The van der Waals surface area contributed by atoms with E-state index in [-0.39, 0.29) is 0 Å². The Bertz CT molecular complexity index is 389. The summed E-state index contributed by atoms with van der Waals surface area (Å²) in [5, 5.41) is 17.5. The first kappa shape index (κ1) is 13.0. The molecule has 1 aromatic heterocycles. The Morgan fingerprint density at radius 1 is 1.62 bits per heavy atom. The molecule has 0 aliphatic rings. The molecule has 1 rings (SSSR count). The number of carbonyl (C=O) groups is 1. The Morgan fingerprint density at radius 2 is 2.25 bits per heavy atom. The lowest BCUT2D eigenvalue weighted by Crippen LogP contribution is -2.45. The molecule has 0 aliphatic carbocycles. The second-order valence-electron chi connectivity index (χ2n) is 3.91. The van der Waals surface area contributed by atoms with Gasteiger partial charge in [0.25, 0.3) is 0 Å². The third-order valence-corrected chi connectivity index (χ3v) is 3.42. The molecular weight excluding hydrogens is 228 g/mol. The number of hydrogen-bond donors (Lipinski definition) is 2. The van der Waals surface area contributed by atoms with Crippen LogP contribution in [-0.4, -0.2) is 37.1 Å². The number of carboxylic acids is 1. The van der Waals surface area contributed by atoms with E-state index >= 15 is 0 Å². The Morgan fingerprint density at radius 3 is 2.69 bits per heavy atom. The first-order chi connectivity index (χ1) is 7.34. The molecule has 0 amide bonds. The van der Waals surface area contributed by atoms with Crippen LogP contribution in [0.5, 0.6) is 0 Å². The minimum Gasteiger partial charge on any atom is -0.480 e. The summed E-state index contributed by atoms with van der Waals surface area (Å²) in [6, 6.07) is 0. The van der Waals surface area contributed by atoms with Gasteiger partial charge in [-0.2, -0.15) is 0 Å². The van der Waals surface area contributed by atoms with Crippen LogP contribution < -0.4 is 5.73 Å². The lowest BCUT2D eigenvalue weighted by atomic mass is 10.0. The van der Waals surface area contributed by atoms with Crippen molar-refractivity contribution in [3.63, 3.8) is 0 Å². The van der Waals surface area contributed by atoms with Gasteiger partial charge in [0.15, 0.2) is 5.16 Å². The zero-order valence-corrected chi connectivity index (χ0v) is 10.4. The van der Waals surface area contributed by atoms with E-state index in [2.05, 4.69) is 10.2 Å². The number of aromatic nitrogens is 3. The van der Waals surface area contributed by atoms with Gasteiger partial charge in [-0.1, -0.05) is 11.8 Å². The molecule has 0 spiro atoms. The van der Waals surface area contributed by atoms with Gasteiger partial charge in [-0.05, 0) is 20.3 Å². The summed E-state index contributed by atoms with van der Waals surface area (Å²) in [6.45, 7) is 3.37. The lowest BCUT2D eigenvalue weighted by Gasteiger charge is -2.18. The molecule has 0 saturated heterocycles. The van der Waals surface area contributed by atoms with E-state index in [0.29, 0.717) is 12.2 Å². The van der Waals surface area contributed by atoms with Crippen LogP contribution in [0.25, 0.3) is 0 Å². The van der Waals surface area contributed by atoms with Crippen molar-refractivity contribution in [3.05, 3.63) is 5.82 Å². The third-order valence-electron chi connectivity index (χ3n) is 2.39. The van der Waals surface area contributed by atoms with Crippen LogP contribution in [-0.2, 0) is 11.8 Å². The second-order valence-corrected chi connectivity index (χ2v) is 4.97. The molecule has 6 nitrogen and oxygen atoms in total. The topological polar surface area (TPSA) is 94.0 Å². The van der Waals surface area contributed by atoms with E-state index in [0.717, 1.165) is 11.0 Å². The van der Waals surface area contributed by atoms with E-state index < -0.39 is 11.5 Å². The number of aliphatic carboxylic acids is 1. The Hall–Kier alpha value is -1.08. The maximum absolute atomic E-state index is 10.8. The average molecular weight is 244 g/mol. The van der Waals surface area contributed by atoms with E-state index in [9.17, 15) is 4.79 Å². The normalized spacial score (nSPS) is 14.8. The number of rotatable bonds is 5. The summed E-state index contributed by atoms with van der Waals surface area (Å²) in [7, 11) is 1.87. The molecule has 7 heteroatoms. The number of hydrogen-bond acceptors (Lipinski definition) is 5. The monoisotopic (exact) mass is 244 g/mol. The van der Waals surface area contributed by atoms with Gasteiger partial charge >= 0.3 is 5.97 Å². The summed E-state index contributed by atoms with van der Waals surface area (Å²) in [4.78, 5) is 10.8. The molecule has 0 fully saturated rings. The van der Waals surface area contributed by atoms with Gasteiger partial charge in [-0.25, -0.2) is 0 Å². The van der Waals surface area contributed by atoms with Crippen LogP contribution in [0.15, 0.2) is 5.16 Å². The molecule has 0 aromatic carbocycles. The molecule has 0 radical (unpaired) electrons. The molecule has 1 aromatic rings. The third kappa shape index (κ3) is 2.96. The number of nitrogens with two attached hydrogens (primary N) is 1. The standard InChI is InChI=1S/C9H16N4O2S/c1-6-11-12-8(13(6)3)16-5-4-9(2,10)7(14)15/h4-5,10H2,1-3H3,(H,14,15). The highest BCUT2D eigenvalue weighted by molar-refractivity contribution is 7.99. The summed E-state index contributed by atoms with van der Waals surface area (Å²) >= 11 is 1.46. The van der Waals surface area contributed by atoms with Crippen molar-refractivity contribution >= 4 is 17.7 Å². The van der Waals surface area contributed by atoms with Crippen LogP contribution in [0.3, 0.4) is 0 Å². The van der Waals surface area contributed by atoms with Crippen molar-refractivity contribution < 1.29 is 9.90 Å². The Balaban J connectivity index is 2.48. The maximum Gasteiger partial charge on any atom is 0.323 e. The van der Waals surface area contributed by atoms with Crippen molar-refractivity contribution in [2.24, 2.45) is 12.8 Å². The minimum absolute atomic E-state index is 0.388. The molecule has 1 heterocycles. The average Bonchev–Trinajstić information content (AvgIpc) is 2.49. The molecule has 1 unspecified atom stereocenters. The molecular formula is C9H16N4O2S. The van der Waals surface area contributed by atoms with Gasteiger partial charge in [0, 0.05) is 12.8 Å². The van der Waals surface area contributed by atoms with Gasteiger partial charge in [0.1, 0.15) is 11.4 Å². The predicted molar refractivity (Wildman–Crippen MR) is 61.3 cm³/mol. The van der Waals surface area contributed by atoms with Crippen molar-refractivity contribution in [2.45, 2.75) is 31.0 Å². The fourth-order valence-corrected chi connectivity index (χ4v) is 2.11. The fraction of sp³-hybridized carbons (Fsp3) is 0.667. The van der Waals surface area contributed by atoms with Crippen LogP contribution in [0.1, 0.15) is 19.2 Å². The van der Waals surface area contributed by atoms with Crippen molar-refractivity contribution in [3.8, 4) is 0 Å². The van der Waals surface area contributed by atoms with E-state index in [1.165, 1.54) is 18.7 Å². The highest BCUT2D eigenvalue weighted by Gasteiger charge is 2.27. The van der Waals surface area contributed by atoms with Crippen LogP contribution in [0, 0.1) is 6.92 Å². The van der Waals surface area contributed by atoms with E-state index in [4.69, 9.17) is 10.8 Å². The molecule has 1 atom stereocenters. The summed E-state index contributed by atoms with van der Waals surface area (Å²) in [5.74, 6) is 0.448. The van der Waals surface area contributed by atoms with Gasteiger partial charge in [-0.3, -0.25) is 4.79 Å². The minimum atomic E-state index is -1.18.